The highest BCUT2D eigenvalue weighted by Gasteiger charge is 2.22. The minimum atomic E-state index is -3.55. The Morgan fingerprint density at radius 3 is 2.43 bits per heavy atom. The fraction of sp³-hybridized carbons (Fsp3) is 0.267. The van der Waals surface area contributed by atoms with Crippen molar-refractivity contribution < 1.29 is 22.7 Å². The van der Waals surface area contributed by atoms with E-state index in [1.165, 1.54) is 6.07 Å². The molecule has 0 bridgehead atoms. The van der Waals surface area contributed by atoms with Crippen LogP contribution in [0.2, 0.25) is 0 Å². The van der Waals surface area contributed by atoms with Gasteiger partial charge in [-0.25, -0.2) is 13.2 Å². The van der Waals surface area contributed by atoms with Crippen molar-refractivity contribution in [1.29, 1.82) is 0 Å². The van der Waals surface area contributed by atoms with Gasteiger partial charge in [0.05, 0.1) is 10.6 Å². The molecule has 1 N–H and O–H groups in total. The summed E-state index contributed by atoms with van der Waals surface area (Å²) in [6.45, 7) is 5.11. The van der Waals surface area contributed by atoms with Gasteiger partial charge in [-0.05, 0) is 44.0 Å². The fourth-order valence-electron chi connectivity index (χ4n) is 2.09. The molecule has 0 atom stereocenters. The topological polar surface area (TPSA) is 84.6 Å². The molecule has 2 aromatic rings. The van der Waals surface area contributed by atoms with E-state index in [0.717, 1.165) is 5.56 Å². The van der Waals surface area contributed by atoms with Gasteiger partial charge in [-0.3, -0.25) is 0 Å². The Bertz CT molecular complexity index is 799. The molecule has 0 radical (unpaired) electrons. The zero-order valence-electron chi connectivity index (χ0n) is 12.0. The van der Waals surface area contributed by atoms with E-state index in [4.69, 9.17) is 9.52 Å². The van der Waals surface area contributed by atoms with E-state index in [1.54, 1.807) is 26.0 Å². The third-order valence-electron chi connectivity index (χ3n) is 3.26. The highest BCUT2D eigenvalue weighted by atomic mass is 32.2. The van der Waals surface area contributed by atoms with Gasteiger partial charge in [-0.1, -0.05) is 12.1 Å². The SMILES string of the molecule is Cc1ccc(C)c(S(=O)(=O)Cc2cc(C(=O)O)oc2C)c1. The Morgan fingerprint density at radius 1 is 1.19 bits per heavy atom. The number of aromatic carboxylic acids is 1. The molecule has 0 aliphatic heterocycles. The van der Waals surface area contributed by atoms with Crippen molar-refractivity contribution in [1.82, 2.24) is 0 Å². The second-order valence-electron chi connectivity index (χ2n) is 5.03. The molecule has 6 heteroatoms. The number of hydrogen-bond donors (Lipinski definition) is 1. The minimum Gasteiger partial charge on any atom is -0.475 e. The van der Waals surface area contributed by atoms with E-state index in [-0.39, 0.29) is 16.4 Å². The quantitative estimate of drug-likeness (QED) is 0.938. The zero-order chi connectivity index (χ0) is 15.8. The Kier molecular flexibility index (Phi) is 3.91. The van der Waals surface area contributed by atoms with Crippen LogP contribution < -0.4 is 0 Å². The lowest BCUT2D eigenvalue weighted by atomic mass is 10.2. The molecule has 0 amide bonds. The first-order chi connectivity index (χ1) is 9.70. The molecular weight excluding hydrogens is 292 g/mol. The first-order valence-electron chi connectivity index (χ1n) is 6.33. The first kappa shape index (κ1) is 15.3. The van der Waals surface area contributed by atoms with E-state index in [2.05, 4.69) is 0 Å². The van der Waals surface area contributed by atoms with Crippen LogP contribution >= 0.6 is 0 Å². The molecule has 21 heavy (non-hydrogen) atoms. The van der Waals surface area contributed by atoms with E-state index < -0.39 is 15.8 Å². The maximum Gasteiger partial charge on any atom is 0.371 e. The van der Waals surface area contributed by atoms with Gasteiger partial charge in [0, 0.05) is 5.56 Å². The molecule has 0 aliphatic rings. The number of aryl methyl sites for hydroxylation is 3. The lowest BCUT2D eigenvalue weighted by molar-refractivity contribution is 0.0661. The highest BCUT2D eigenvalue weighted by Crippen LogP contribution is 2.24. The van der Waals surface area contributed by atoms with E-state index in [1.807, 2.05) is 13.0 Å². The number of carboxylic acids is 1. The third kappa shape index (κ3) is 3.16. The molecule has 1 aromatic heterocycles. The maximum atomic E-state index is 12.5. The molecule has 1 aromatic carbocycles. The maximum absolute atomic E-state index is 12.5. The Labute approximate surface area is 123 Å². The zero-order valence-corrected chi connectivity index (χ0v) is 12.8. The molecule has 2 rings (SSSR count). The summed E-state index contributed by atoms with van der Waals surface area (Å²) in [5.74, 6) is -1.44. The number of furan rings is 1. The van der Waals surface area contributed by atoms with Crippen LogP contribution in [0.1, 0.15) is 33.0 Å². The molecule has 112 valence electrons. The Morgan fingerprint density at radius 2 is 1.86 bits per heavy atom. The van der Waals surface area contributed by atoms with Crippen molar-refractivity contribution in [2.24, 2.45) is 0 Å². The number of carboxylic acid groups (broad SMARTS) is 1. The second kappa shape index (κ2) is 5.37. The number of rotatable bonds is 4. The average molecular weight is 308 g/mol. The van der Waals surface area contributed by atoms with Crippen LogP contribution in [0.3, 0.4) is 0 Å². The lowest BCUT2D eigenvalue weighted by Gasteiger charge is -2.08. The number of hydrogen-bond acceptors (Lipinski definition) is 4. The monoisotopic (exact) mass is 308 g/mol. The Hall–Kier alpha value is -2.08. The van der Waals surface area contributed by atoms with Crippen LogP contribution in [0.4, 0.5) is 0 Å². The second-order valence-corrected chi connectivity index (χ2v) is 6.98. The van der Waals surface area contributed by atoms with Crippen LogP contribution in [0.25, 0.3) is 0 Å². The van der Waals surface area contributed by atoms with Crippen molar-refractivity contribution in [3.8, 4) is 0 Å². The molecule has 0 saturated heterocycles. The predicted molar refractivity (Wildman–Crippen MR) is 77.2 cm³/mol. The molecular formula is C15H16O5S. The van der Waals surface area contributed by atoms with Crippen LogP contribution in [0, 0.1) is 20.8 Å². The summed E-state index contributed by atoms with van der Waals surface area (Å²) in [5, 5.41) is 8.88. The summed E-state index contributed by atoms with van der Waals surface area (Å²) in [6, 6.07) is 6.49. The largest absolute Gasteiger partial charge is 0.475 e. The predicted octanol–water partition coefficient (Wildman–Crippen LogP) is 2.88. The van der Waals surface area contributed by atoms with Crippen LogP contribution in [-0.2, 0) is 15.6 Å². The van der Waals surface area contributed by atoms with Crippen LogP contribution in [-0.4, -0.2) is 19.5 Å². The molecule has 0 saturated carbocycles. The van der Waals surface area contributed by atoms with Gasteiger partial charge in [0.15, 0.2) is 9.84 Å². The van der Waals surface area contributed by atoms with Gasteiger partial charge in [-0.2, -0.15) is 0 Å². The van der Waals surface area contributed by atoms with E-state index >= 15 is 0 Å². The van der Waals surface area contributed by atoms with E-state index in [9.17, 15) is 13.2 Å². The normalized spacial score (nSPS) is 11.6. The summed E-state index contributed by atoms with van der Waals surface area (Å²) in [7, 11) is -3.55. The standard InChI is InChI=1S/C15H16O5S/c1-9-4-5-10(2)14(6-9)21(18,19)8-12-7-13(15(16)17)20-11(12)3/h4-7H,8H2,1-3H3,(H,16,17). The minimum absolute atomic E-state index is 0.251. The average Bonchev–Trinajstić information content (AvgIpc) is 2.73. The van der Waals surface area contributed by atoms with Crippen LogP contribution in [0.15, 0.2) is 33.6 Å². The molecule has 0 aliphatic carbocycles. The molecule has 5 nitrogen and oxygen atoms in total. The fourth-order valence-corrected chi connectivity index (χ4v) is 3.87. The molecule has 0 fully saturated rings. The van der Waals surface area contributed by atoms with Crippen molar-refractivity contribution >= 4 is 15.8 Å². The van der Waals surface area contributed by atoms with Crippen molar-refractivity contribution in [3.63, 3.8) is 0 Å². The smallest absolute Gasteiger partial charge is 0.371 e. The van der Waals surface area contributed by atoms with Gasteiger partial charge < -0.3 is 9.52 Å². The lowest BCUT2D eigenvalue weighted by Crippen LogP contribution is -2.07. The van der Waals surface area contributed by atoms with Gasteiger partial charge in [-0.15, -0.1) is 0 Å². The van der Waals surface area contributed by atoms with Gasteiger partial charge in [0.2, 0.25) is 5.76 Å². The van der Waals surface area contributed by atoms with Gasteiger partial charge >= 0.3 is 5.97 Å². The molecule has 0 spiro atoms. The van der Waals surface area contributed by atoms with Crippen LogP contribution in [0.5, 0.6) is 0 Å². The summed E-state index contributed by atoms with van der Waals surface area (Å²) in [4.78, 5) is 11.1. The summed E-state index contributed by atoms with van der Waals surface area (Å²) < 4.78 is 30.1. The number of carbonyl (C=O) groups is 1. The number of benzene rings is 1. The summed E-state index contributed by atoms with van der Waals surface area (Å²) in [5.41, 5.74) is 1.89. The third-order valence-corrected chi connectivity index (χ3v) is 5.06. The van der Waals surface area contributed by atoms with Crippen molar-refractivity contribution in [2.45, 2.75) is 31.4 Å². The van der Waals surface area contributed by atoms with Crippen molar-refractivity contribution in [2.75, 3.05) is 0 Å². The number of sulfone groups is 1. The first-order valence-corrected chi connectivity index (χ1v) is 7.98. The summed E-state index contributed by atoms with van der Waals surface area (Å²) in [6.07, 6.45) is 0. The Balaban J connectivity index is 2.42. The van der Waals surface area contributed by atoms with Gasteiger partial charge in [0.25, 0.3) is 0 Å². The van der Waals surface area contributed by atoms with Crippen molar-refractivity contribution in [3.05, 3.63) is 52.5 Å². The molecule has 1 heterocycles. The highest BCUT2D eigenvalue weighted by molar-refractivity contribution is 7.90. The summed E-state index contributed by atoms with van der Waals surface area (Å²) >= 11 is 0. The molecule has 0 unspecified atom stereocenters. The van der Waals surface area contributed by atoms with E-state index in [0.29, 0.717) is 16.9 Å². The van der Waals surface area contributed by atoms with Gasteiger partial charge in [0.1, 0.15) is 5.76 Å².